The summed E-state index contributed by atoms with van der Waals surface area (Å²) in [6.07, 6.45) is 6.03. The molecule has 0 unspecified atom stereocenters. The van der Waals surface area contributed by atoms with E-state index in [9.17, 15) is 4.79 Å². The van der Waals surface area contributed by atoms with E-state index in [-0.39, 0.29) is 11.4 Å². The lowest BCUT2D eigenvalue weighted by atomic mass is 10.00. The maximum atomic E-state index is 11.6. The minimum atomic E-state index is 0.0414. The summed E-state index contributed by atoms with van der Waals surface area (Å²) in [4.78, 5) is 13.6. The molecule has 70 valence electrons. The van der Waals surface area contributed by atoms with Crippen LogP contribution in [-0.2, 0) is 4.79 Å². The van der Waals surface area contributed by atoms with Gasteiger partial charge in [0.15, 0.2) is 0 Å². The van der Waals surface area contributed by atoms with Crippen molar-refractivity contribution >= 4 is 5.91 Å². The van der Waals surface area contributed by atoms with Gasteiger partial charge in [-0.25, -0.2) is 0 Å². The Balaban J connectivity index is 2.10. The van der Waals surface area contributed by atoms with Crippen molar-refractivity contribution in [3.05, 3.63) is 0 Å². The van der Waals surface area contributed by atoms with Crippen LogP contribution in [0.3, 0.4) is 0 Å². The zero-order valence-corrected chi connectivity index (χ0v) is 8.10. The molecule has 0 radical (unpaired) electrons. The van der Waals surface area contributed by atoms with Crippen LogP contribution in [0.5, 0.6) is 0 Å². The van der Waals surface area contributed by atoms with Gasteiger partial charge in [0.05, 0.1) is 0 Å². The predicted molar refractivity (Wildman–Crippen MR) is 51.0 cm³/mol. The van der Waals surface area contributed by atoms with Gasteiger partial charge in [-0.05, 0) is 44.9 Å². The molecule has 13 heavy (non-hydrogen) atoms. The smallest absolute Gasteiger partial charge is 0.298 e. The number of amides is 1. The first-order valence-electron chi connectivity index (χ1n) is 5.03. The van der Waals surface area contributed by atoms with E-state index in [1.54, 1.807) is 6.92 Å². The van der Waals surface area contributed by atoms with Crippen molar-refractivity contribution in [2.24, 2.45) is 0 Å². The number of hydrogen-bond donors (Lipinski definition) is 0. The molecular weight excluding hydrogens is 162 g/mol. The van der Waals surface area contributed by atoms with Crippen LogP contribution in [0.2, 0.25) is 0 Å². The van der Waals surface area contributed by atoms with Crippen molar-refractivity contribution in [2.45, 2.75) is 44.6 Å². The minimum Gasteiger partial charge on any atom is -0.326 e. The van der Waals surface area contributed by atoms with Crippen LogP contribution in [-0.4, -0.2) is 22.9 Å². The lowest BCUT2D eigenvalue weighted by Crippen LogP contribution is -2.44. The number of piperidine rings is 1. The lowest BCUT2D eigenvalue weighted by molar-refractivity contribution is -0.129. The third kappa shape index (κ3) is 1.44. The Morgan fingerprint density at radius 2 is 2.08 bits per heavy atom. The molecule has 1 aliphatic carbocycles. The van der Waals surface area contributed by atoms with Crippen molar-refractivity contribution in [1.82, 2.24) is 4.90 Å². The third-order valence-electron chi connectivity index (χ3n) is 3.15. The highest BCUT2D eigenvalue weighted by Gasteiger charge is 2.50. The molecule has 1 aliphatic heterocycles. The van der Waals surface area contributed by atoms with Gasteiger partial charge in [0.1, 0.15) is 0 Å². The van der Waals surface area contributed by atoms with Crippen LogP contribution in [0.15, 0.2) is 0 Å². The molecule has 1 spiro atoms. The Labute approximate surface area is 79.3 Å². The van der Waals surface area contributed by atoms with Crippen LogP contribution < -0.4 is 0 Å². The van der Waals surface area contributed by atoms with Crippen LogP contribution >= 0.6 is 0 Å². The molecule has 0 aromatic carbocycles. The molecule has 1 saturated heterocycles. The summed E-state index contributed by atoms with van der Waals surface area (Å²) in [5.74, 6) is 5.38. The average molecular weight is 177 g/mol. The van der Waals surface area contributed by atoms with Gasteiger partial charge in [0.2, 0.25) is 0 Å². The number of rotatable bonds is 0. The number of likely N-dealkylation sites (tertiary alicyclic amines) is 1. The second kappa shape index (κ2) is 3.06. The molecule has 0 aromatic rings. The predicted octanol–water partition coefficient (Wildman–Crippen LogP) is 1.55. The summed E-state index contributed by atoms with van der Waals surface area (Å²) >= 11 is 0. The fourth-order valence-corrected chi connectivity index (χ4v) is 2.25. The number of carbonyl (C=O) groups excluding carboxylic acids is 1. The van der Waals surface area contributed by atoms with E-state index >= 15 is 0 Å². The fourth-order valence-electron chi connectivity index (χ4n) is 2.25. The van der Waals surface area contributed by atoms with Gasteiger partial charge in [-0.3, -0.25) is 4.79 Å². The van der Waals surface area contributed by atoms with Gasteiger partial charge in [-0.15, -0.1) is 0 Å². The quantitative estimate of drug-likeness (QED) is 0.514. The molecule has 2 aliphatic rings. The summed E-state index contributed by atoms with van der Waals surface area (Å²) in [6, 6.07) is 0. The summed E-state index contributed by atoms with van der Waals surface area (Å²) in [5, 5.41) is 0. The largest absolute Gasteiger partial charge is 0.326 e. The minimum absolute atomic E-state index is 0.0414. The lowest BCUT2D eigenvalue weighted by Gasteiger charge is -2.34. The molecule has 1 saturated carbocycles. The van der Waals surface area contributed by atoms with Crippen molar-refractivity contribution in [3.63, 3.8) is 0 Å². The van der Waals surface area contributed by atoms with Crippen molar-refractivity contribution in [2.75, 3.05) is 6.54 Å². The molecule has 0 atom stereocenters. The van der Waals surface area contributed by atoms with E-state index < -0.39 is 0 Å². The van der Waals surface area contributed by atoms with Crippen molar-refractivity contribution in [1.29, 1.82) is 0 Å². The maximum absolute atomic E-state index is 11.6. The molecule has 0 bridgehead atoms. The highest BCUT2D eigenvalue weighted by Crippen LogP contribution is 2.48. The van der Waals surface area contributed by atoms with E-state index in [1.165, 1.54) is 25.7 Å². The van der Waals surface area contributed by atoms with Gasteiger partial charge < -0.3 is 4.90 Å². The van der Waals surface area contributed by atoms with Crippen LogP contribution in [0, 0.1) is 11.8 Å². The zero-order chi connectivity index (χ0) is 9.31. The van der Waals surface area contributed by atoms with E-state index in [0.29, 0.717) is 0 Å². The normalized spacial score (nSPS) is 23.6. The molecular formula is C11H15NO. The Morgan fingerprint density at radius 1 is 1.31 bits per heavy atom. The van der Waals surface area contributed by atoms with Crippen LogP contribution in [0.4, 0.5) is 0 Å². The van der Waals surface area contributed by atoms with Gasteiger partial charge in [0, 0.05) is 12.1 Å². The maximum Gasteiger partial charge on any atom is 0.298 e. The first kappa shape index (κ1) is 8.62. The zero-order valence-electron chi connectivity index (χ0n) is 8.10. The highest BCUT2D eigenvalue weighted by molar-refractivity contribution is 5.94. The van der Waals surface area contributed by atoms with Gasteiger partial charge in [0.25, 0.3) is 5.91 Å². The first-order valence-corrected chi connectivity index (χ1v) is 5.03. The number of hydrogen-bond acceptors (Lipinski definition) is 1. The van der Waals surface area contributed by atoms with E-state index in [1.807, 2.05) is 4.90 Å². The standard InChI is InChI=1S/C11H15NO/c1-2-5-10(13)12-9-4-3-6-11(12)7-8-11/h3-4,6-9H2,1H3. The van der Waals surface area contributed by atoms with Gasteiger partial charge in [-0.1, -0.05) is 5.92 Å². The van der Waals surface area contributed by atoms with Crippen LogP contribution in [0.25, 0.3) is 0 Å². The first-order chi connectivity index (χ1) is 6.28. The number of nitrogens with zero attached hydrogens (tertiary/aromatic N) is 1. The SMILES string of the molecule is CC#CC(=O)N1CCCCC12CC2. The molecule has 2 nitrogen and oxygen atoms in total. The van der Waals surface area contributed by atoms with Crippen LogP contribution in [0.1, 0.15) is 39.0 Å². The van der Waals surface area contributed by atoms with E-state index in [0.717, 1.165) is 13.0 Å². The molecule has 1 heterocycles. The van der Waals surface area contributed by atoms with Gasteiger partial charge in [-0.2, -0.15) is 0 Å². The Bertz CT molecular complexity index is 280. The monoisotopic (exact) mass is 177 g/mol. The molecule has 0 aromatic heterocycles. The Kier molecular flexibility index (Phi) is 2.03. The topological polar surface area (TPSA) is 20.3 Å². The second-order valence-corrected chi connectivity index (χ2v) is 4.01. The summed E-state index contributed by atoms with van der Waals surface area (Å²) in [5.41, 5.74) is 0.249. The molecule has 2 heteroatoms. The summed E-state index contributed by atoms with van der Waals surface area (Å²) < 4.78 is 0. The Morgan fingerprint density at radius 3 is 2.69 bits per heavy atom. The van der Waals surface area contributed by atoms with Crippen molar-refractivity contribution < 1.29 is 4.79 Å². The number of carbonyl (C=O) groups is 1. The van der Waals surface area contributed by atoms with E-state index in [2.05, 4.69) is 11.8 Å². The average Bonchev–Trinajstić information content (AvgIpc) is 2.87. The molecule has 2 fully saturated rings. The third-order valence-corrected chi connectivity index (χ3v) is 3.15. The molecule has 1 amide bonds. The van der Waals surface area contributed by atoms with Crippen molar-refractivity contribution in [3.8, 4) is 11.8 Å². The summed E-state index contributed by atoms with van der Waals surface area (Å²) in [6.45, 7) is 2.65. The highest BCUT2D eigenvalue weighted by atomic mass is 16.2. The molecule has 0 N–H and O–H groups in total. The summed E-state index contributed by atoms with van der Waals surface area (Å²) in [7, 11) is 0. The molecule has 2 rings (SSSR count). The fraction of sp³-hybridized carbons (Fsp3) is 0.727. The van der Waals surface area contributed by atoms with Gasteiger partial charge >= 0.3 is 0 Å². The Hall–Kier alpha value is -0.970. The van der Waals surface area contributed by atoms with E-state index in [4.69, 9.17) is 0 Å². The second-order valence-electron chi connectivity index (χ2n) is 4.01.